The van der Waals surface area contributed by atoms with E-state index in [4.69, 9.17) is 11.6 Å². The van der Waals surface area contributed by atoms with Gasteiger partial charge in [0.15, 0.2) is 11.5 Å². The second-order valence-corrected chi connectivity index (χ2v) is 5.20. The van der Waals surface area contributed by atoms with E-state index >= 15 is 0 Å². The molecule has 1 aromatic carbocycles. The largest absolute Gasteiger partial charge is 0.332 e. The molecule has 0 saturated carbocycles. The Kier molecular flexibility index (Phi) is 3.42. The van der Waals surface area contributed by atoms with Gasteiger partial charge in [-0.2, -0.15) is 0 Å². The maximum Gasteiger partial charge on any atom is 0.332 e. The van der Waals surface area contributed by atoms with E-state index in [0.29, 0.717) is 22.2 Å². The van der Waals surface area contributed by atoms with Gasteiger partial charge in [0.1, 0.15) is 5.52 Å². The summed E-state index contributed by atoms with van der Waals surface area (Å²) in [5, 5.41) is 0.579. The van der Waals surface area contributed by atoms with Gasteiger partial charge in [-0.25, -0.2) is 9.78 Å². The van der Waals surface area contributed by atoms with Crippen LogP contribution in [0.15, 0.2) is 38.8 Å². The predicted octanol–water partition coefficient (Wildman–Crippen LogP) is 1.36. The van der Waals surface area contributed by atoms with E-state index in [1.165, 1.54) is 17.8 Å². The van der Waals surface area contributed by atoms with Crippen molar-refractivity contribution in [2.45, 2.75) is 0 Å². The van der Waals surface area contributed by atoms with Gasteiger partial charge >= 0.3 is 5.69 Å². The molecule has 3 rings (SSSR count). The topological polar surface area (TPSA) is 85.0 Å². The minimum atomic E-state index is -0.428. The van der Waals surface area contributed by atoms with Gasteiger partial charge in [-0.1, -0.05) is 17.7 Å². The van der Waals surface area contributed by atoms with Crippen molar-refractivity contribution in [3.8, 4) is 0 Å². The Morgan fingerprint density at radius 2 is 2.05 bits per heavy atom. The fraction of sp³-hybridized carbons (Fsp3) is 0.143. The van der Waals surface area contributed by atoms with Crippen molar-refractivity contribution in [2.24, 2.45) is 19.1 Å². The minimum Gasteiger partial charge on any atom is -0.331 e. The van der Waals surface area contributed by atoms with Crippen LogP contribution >= 0.6 is 11.6 Å². The highest BCUT2D eigenvalue weighted by atomic mass is 35.5. The van der Waals surface area contributed by atoms with Crippen molar-refractivity contribution in [3.05, 3.63) is 56.0 Å². The molecule has 0 aliphatic heterocycles. The summed E-state index contributed by atoms with van der Waals surface area (Å²) in [5.74, 6) is 0.383. The first kappa shape index (κ1) is 14.3. The average Bonchev–Trinajstić information content (AvgIpc) is 2.93. The summed E-state index contributed by atoms with van der Waals surface area (Å²) < 4.78 is 2.34. The molecule has 0 saturated heterocycles. The van der Waals surface area contributed by atoms with E-state index in [1.54, 1.807) is 31.3 Å². The van der Waals surface area contributed by atoms with Crippen LogP contribution < -0.4 is 11.2 Å². The van der Waals surface area contributed by atoms with E-state index in [0.717, 1.165) is 4.57 Å². The quantitative estimate of drug-likeness (QED) is 0.724. The molecule has 112 valence electrons. The van der Waals surface area contributed by atoms with E-state index in [2.05, 4.69) is 15.0 Å². The highest BCUT2D eigenvalue weighted by Crippen LogP contribution is 2.17. The van der Waals surface area contributed by atoms with Crippen molar-refractivity contribution in [1.29, 1.82) is 0 Å². The number of aliphatic imine (C=N–C) groups is 1. The van der Waals surface area contributed by atoms with Gasteiger partial charge in [0.2, 0.25) is 0 Å². The number of aromatic amines is 1. The number of hydrogen-bond acceptors (Lipinski definition) is 4. The number of imidazole rings is 1. The lowest BCUT2D eigenvalue weighted by molar-refractivity contribution is 0.709. The van der Waals surface area contributed by atoms with E-state index in [-0.39, 0.29) is 5.52 Å². The van der Waals surface area contributed by atoms with E-state index in [9.17, 15) is 9.59 Å². The number of hydrogen-bond donors (Lipinski definition) is 1. The van der Waals surface area contributed by atoms with Crippen LogP contribution in [0.1, 0.15) is 5.82 Å². The van der Waals surface area contributed by atoms with E-state index < -0.39 is 11.2 Å². The van der Waals surface area contributed by atoms with Gasteiger partial charge in [0.05, 0.1) is 11.9 Å². The standard InChI is InChI=1S/C14H12ClN5O2/c1-19-12-11(13(21)20(2)14(19)22)17-10(18-12)7-16-9-5-3-4-8(15)6-9/h3-7H,1-2H3,(H,17,18). The molecule has 0 aliphatic carbocycles. The lowest BCUT2D eigenvalue weighted by atomic mass is 10.3. The van der Waals surface area contributed by atoms with Crippen molar-refractivity contribution in [1.82, 2.24) is 19.1 Å². The Morgan fingerprint density at radius 1 is 1.27 bits per heavy atom. The smallest absolute Gasteiger partial charge is 0.331 e. The van der Waals surface area contributed by atoms with Crippen LogP contribution in [-0.2, 0) is 14.1 Å². The first-order valence-corrected chi connectivity index (χ1v) is 6.80. The number of rotatable bonds is 2. The van der Waals surface area contributed by atoms with Crippen LogP contribution in [0.25, 0.3) is 11.2 Å². The third-order valence-electron chi connectivity index (χ3n) is 3.26. The number of aromatic nitrogens is 4. The molecule has 0 aliphatic rings. The second-order valence-electron chi connectivity index (χ2n) is 4.76. The number of aryl methyl sites for hydroxylation is 1. The Hall–Kier alpha value is -2.67. The van der Waals surface area contributed by atoms with Crippen molar-refractivity contribution < 1.29 is 0 Å². The first-order valence-electron chi connectivity index (χ1n) is 6.43. The summed E-state index contributed by atoms with van der Waals surface area (Å²) in [6.07, 6.45) is 1.48. The highest BCUT2D eigenvalue weighted by molar-refractivity contribution is 6.30. The van der Waals surface area contributed by atoms with Crippen LogP contribution in [-0.4, -0.2) is 25.3 Å². The predicted molar refractivity (Wildman–Crippen MR) is 85.3 cm³/mol. The molecular formula is C14H12ClN5O2. The Morgan fingerprint density at radius 3 is 2.77 bits per heavy atom. The first-order chi connectivity index (χ1) is 10.5. The maximum absolute atomic E-state index is 12.0. The number of halogens is 1. The minimum absolute atomic E-state index is 0.261. The number of H-pyrrole nitrogens is 1. The van der Waals surface area contributed by atoms with Crippen LogP contribution in [0.4, 0.5) is 5.69 Å². The molecule has 1 N–H and O–H groups in total. The summed E-state index contributed by atoms with van der Waals surface area (Å²) in [7, 11) is 2.98. The zero-order chi connectivity index (χ0) is 15.9. The van der Waals surface area contributed by atoms with Crippen LogP contribution in [0.3, 0.4) is 0 Å². The molecule has 2 aromatic heterocycles. The highest BCUT2D eigenvalue weighted by Gasteiger charge is 2.12. The Labute approximate surface area is 129 Å². The zero-order valence-corrected chi connectivity index (χ0v) is 12.6. The summed E-state index contributed by atoms with van der Waals surface area (Å²) in [6.45, 7) is 0. The molecule has 7 nitrogen and oxygen atoms in total. The fourth-order valence-corrected chi connectivity index (χ4v) is 2.28. The second kappa shape index (κ2) is 5.27. The van der Waals surface area contributed by atoms with Crippen molar-refractivity contribution in [2.75, 3.05) is 0 Å². The average molecular weight is 318 g/mol. The molecule has 0 amide bonds. The summed E-state index contributed by atoms with van der Waals surface area (Å²) in [5.41, 5.74) is 0.364. The number of benzene rings is 1. The third-order valence-corrected chi connectivity index (χ3v) is 3.49. The number of fused-ring (bicyclic) bond motifs is 1. The van der Waals surface area contributed by atoms with Crippen molar-refractivity contribution in [3.63, 3.8) is 0 Å². The molecule has 8 heteroatoms. The van der Waals surface area contributed by atoms with Crippen LogP contribution in [0.2, 0.25) is 5.02 Å². The van der Waals surface area contributed by atoms with Crippen LogP contribution in [0.5, 0.6) is 0 Å². The molecule has 0 radical (unpaired) electrons. The van der Waals surface area contributed by atoms with E-state index in [1.807, 2.05) is 0 Å². The molecule has 0 bridgehead atoms. The van der Waals surface area contributed by atoms with Crippen molar-refractivity contribution >= 4 is 34.7 Å². The summed E-state index contributed by atoms with van der Waals surface area (Å²) in [4.78, 5) is 35.2. The lowest BCUT2D eigenvalue weighted by Crippen LogP contribution is -2.36. The molecule has 0 unspecified atom stereocenters. The monoisotopic (exact) mass is 317 g/mol. The molecular weight excluding hydrogens is 306 g/mol. The molecule has 3 aromatic rings. The normalized spacial score (nSPS) is 11.6. The fourth-order valence-electron chi connectivity index (χ4n) is 2.10. The number of nitrogens with one attached hydrogen (secondary N) is 1. The number of nitrogens with zero attached hydrogens (tertiary/aromatic N) is 4. The Balaban J connectivity index is 2.10. The SMILES string of the molecule is Cn1c(=O)c2[nH]c(C=Nc3cccc(Cl)c3)nc2n(C)c1=O. The zero-order valence-electron chi connectivity index (χ0n) is 11.9. The van der Waals surface area contributed by atoms with Gasteiger partial charge in [-0.05, 0) is 18.2 Å². The van der Waals surface area contributed by atoms with Gasteiger partial charge < -0.3 is 4.98 Å². The lowest BCUT2D eigenvalue weighted by Gasteiger charge is -2.00. The Bertz CT molecular complexity index is 1010. The summed E-state index contributed by atoms with van der Waals surface area (Å²) in [6, 6.07) is 7.03. The van der Waals surface area contributed by atoms with Gasteiger partial charge in [-0.15, -0.1) is 0 Å². The molecule has 0 spiro atoms. The molecule has 0 atom stereocenters. The van der Waals surface area contributed by atoms with Gasteiger partial charge in [0, 0.05) is 19.1 Å². The van der Waals surface area contributed by atoms with Gasteiger partial charge in [0.25, 0.3) is 5.56 Å². The maximum atomic E-state index is 12.0. The van der Waals surface area contributed by atoms with Gasteiger partial charge in [-0.3, -0.25) is 18.9 Å². The molecule has 0 fully saturated rings. The van der Waals surface area contributed by atoms with Crippen LogP contribution in [0, 0.1) is 0 Å². The molecule has 22 heavy (non-hydrogen) atoms. The third kappa shape index (κ3) is 2.35. The molecule has 2 heterocycles. The summed E-state index contributed by atoms with van der Waals surface area (Å²) >= 11 is 5.89.